The molecule has 0 bridgehead atoms. The lowest BCUT2D eigenvalue weighted by atomic mass is 9.71. The molecule has 0 aliphatic rings. The Morgan fingerprint density at radius 2 is 0.822 bits per heavy atom. The van der Waals surface area contributed by atoms with E-state index in [1.54, 1.807) is 0 Å². The zero-order chi connectivity index (χ0) is 33.7. The summed E-state index contributed by atoms with van der Waals surface area (Å²) in [6, 6.07) is 0. The van der Waals surface area contributed by atoms with Crippen LogP contribution < -0.4 is 0 Å². The highest BCUT2D eigenvalue weighted by molar-refractivity contribution is 6.16. The highest BCUT2D eigenvalue weighted by Crippen LogP contribution is 2.32. The zero-order valence-corrected chi connectivity index (χ0v) is 28.9. The number of hydrogen-bond acceptors (Lipinski definition) is 6. The number of unbranched alkanes of at least 4 members (excludes halogenated alkanes) is 12. The lowest BCUT2D eigenvalue weighted by molar-refractivity contribution is -0.194. The lowest BCUT2D eigenvalue weighted by Gasteiger charge is -2.39. The van der Waals surface area contributed by atoms with E-state index < -0.39 is 35.2 Å². The van der Waals surface area contributed by atoms with E-state index in [1.807, 2.05) is 12.2 Å². The molecule has 0 saturated heterocycles. The summed E-state index contributed by atoms with van der Waals surface area (Å²) >= 11 is 0. The monoisotopic (exact) mass is 630 g/mol. The van der Waals surface area contributed by atoms with Crippen LogP contribution in [0.3, 0.4) is 0 Å². The maximum atomic E-state index is 13.3. The Kier molecular flexibility index (Phi) is 26.8. The van der Waals surface area contributed by atoms with Gasteiger partial charge in [0.05, 0.1) is 6.61 Å². The molecule has 3 N–H and O–H groups in total. The van der Waals surface area contributed by atoms with Gasteiger partial charge in [0.25, 0.3) is 0 Å². The quantitative estimate of drug-likeness (QED) is 0.0400. The summed E-state index contributed by atoms with van der Waals surface area (Å²) in [7, 11) is 0. The first kappa shape index (κ1) is 42.9. The van der Waals surface area contributed by atoms with Crippen LogP contribution in [0, 0.1) is 0 Å². The van der Waals surface area contributed by atoms with Crippen LogP contribution in [0.25, 0.3) is 0 Å². The number of Topliss-reactive ketones (excluding diaryl/α,β-unsaturated/α-hetero) is 3. The van der Waals surface area contributed by atoms with Gasteiger partial charge in [-0.1, -0.05) is 134 Å². The molecule has 258 valence electrons. The summed E-state index contributed by atoms with van der Waals surface area (Å²) < 4.78 is 0. The summed E-state index contributed by atoms with van der Waals surface area (Å²) in [6.07, 6.45) is 33.4. The van der Waals surface area contributed by atoms with Crippen molar-refractivity contribution >= 4 is 17.3 Å². The standard InChI is InChI=1S/C39H66O6/c1-4-7-10-13-14-15-16-17-18-19-20-21-22-23-24-27-28-31-35(41)38(44,34-40)39(45,36(42)32-29-25-11-8-5-2)37(43)33-30-26-12-9-6-3/h14-15,17-18,20-21,23-24,40,44-45H,4-13,16,19,22,25-34H2,1-3H3/b15-14-,18-17-,21-20-,24-23-. The van der Waals surface area contributed by atoms with E-state index in [9.17, 15) is 29.7 Å². The van der Waals surface area contributed by atoms with Crippen molar-refractivity contribution in [3.05, 3.63) is 48.6 Å². The number of carbonyl (C=O) groups excluding carboxylic acids is 3. The lowest BCUT2D eigenvalue weighted by Crippen LogP contribution is -2.69. The molecule has 0 aliphatic heterocycles. The van der Waals surface area contributed by atoms with Crippen molar-refractivity contribution in [1.82, 2.24) is 0 Å². The van der Waals surface area contributed by atoms with Crippen LogP contribution in [0.2, 0.25) is 0 Å². The summed E-state index contributed by atoms with van der Waals surface area (Å²) in [4.78, 5) is 39.8. The van der Waals surface area contributed by atoms with Gasteiger partial charge in [0.2, 0.25) is 5.60 Å². The molecule has 6 heteroatoms. The molecule has 0 rings (SSSR count). The molecule has 1 atom stereocenters. The van der Waals surface area contributed by atoms with Gasteiger partial charge in [0, 0.05) is 19.3 Å². The van der Waals surface area contributed by atoms with E-state index in [2.05, 4.69) is 57.2 Å². The molecule has 0 aromatic carbocycles. The molecule has 0 radical (unpaired) electrons. The van der Waals surface area contributed by atoms with Crippen LogP contribution >= 0.6 is 0 Å². The van der Waals surface area contributed by atoms with Crippen molar-refractivity contribution < 1.29 is 29.7 Å². The third kappa shape index (κ3) is 17.9. The van der Waals surface area contributed by atoms with E-state index in [4.69, 9.17) is 0 Å². The van der Waals surface area contributed by atoms with Gasteiger partial charge >= 0.3 is 0 Å². The second-order valence-corrected chi connectivity index (χ2v) is 12.3. The highest BCUT2D eigenvalue weighted by Gasteiger charge is 2.62. The van der Waals surface area contributed by atoms with Crippen molar-refractivity contribution in [1.29, 1.82) is 0 Å². The van der Waals surface area contributed by atoms with Gasteiger partial charge in [0.15, 0.2) is 23.0 Å². The second kappa shape index (κ2) is 28.1. The summed E-state index contributed by atoms with van der Waals surface area (Å²) in [6.45, 7) is 5.19. The van der Waals surface area contributed by atoms with Crippen molar-refractivity contribution in [3.63, 3.8) is 0 Å². The fourth-order valence-electron chi connectivity index (χ4n) is 5.31. The molecule has 0 aromatic heterocycles. The van der Waals surface area contributed by atoms with E-state index in [1.165, 1.54) is 19.3 Å². The largest absolute Gasteiger partial charge is 0.393 e. The molecule has 1 unspecified atom stereocenters. The first-order chi connectivity index (χ1) is 21.8. The van der Waals surface area contributed by atoms with Gasteiger partial charge in [-0.25, -0.2) is 0 Å². The summed E-state index contributed by atoms with van der Waals surface area (Å²) in [5.41, 5.74) is -5.78. The van der Waals surface area contributed by atoms with E-state index in [0.29, 0.717) is 25.7 Å². The second-order valence-electron chi connectivity index (χ2n) is 12.3. The van der Waals surface area contributed by atoms with Crippen LogP contribution in [0.1, 0.15) is 162 Å². The number of rotatable bonds is 31. The van der Waals surface area contributed by atoms with Gasteiger partial charge in [-0.2, -0.15) is 0 Å². The van der Waals surface area contributed by atoms with E-state index in [-0.39, 0.29) is 19.3 Å². The highest BCUT2D eigenvalue weighted by atomic mass is 16.4. The number of allylic oxidation sites excluding steroid dienone is 8. The van der Waals surface area contributed by atoms with Crippen LogP contribution in [-0.2, 0) is 14.4 Å². The van der Waals surface area contributed by atoms with Gasteiger partial charge in [-0.15, -0.1) is 0 Å². The molecule has 0 saturated carbocycles. The van der Waals surface area contributed by atoms with Crippen LogP contribution in [0.5, 0.6) is 0 Å². The number of carbonyl (C=O) groups is 3. The topological polar surface area (TPSA) is 112 Å². The molecule has 6 nitrogen and oxygen atoms in total. The Morgan fingerprint density at radius 1 is 0.467 bits per heavy atom. The molecule has 0 heterocycles. The minimum Gasteiger partial charge on any atom is -0.393 e. The van der Waals surface area contributed by atoms with Crippen molar-refractivity contribution in [2.45, 2.75) is 173 Å². The van der Waals surface area contributed by atoms with Gasteiger partial charge in [0.1, 0.15) is 0 Å². The molecular weight excluding hydrogens is 564 g/mol. The predicted molar refractivity (Wildman–Crippen MR) is 187 cm³/mol. The molecule has 0 fully saturated rings. The Bertz CT molecular complexity index is 873. The van der Waals surface area contributed by atoms with Gasteiger partial charge in [-0.05, 0) is 57.8 Å². The van der Waals surface area contributed by atoms with Crippen LogP contribution in [0.4, 0.5) is 0 Å². The number of aliphatic hydroxyl groups is 3. The summed E-state index contributed by atoms with van der Waals surface area (Å²) in [5.74, 6) is -2.62. The number of ketones is 3. The Morgan fingerprint density at radius 3 is 1.24 bits per heavy atom. The molecule has 45 heavy (non-hydrogen) atoms. The van der Waals surface area contributed by atoms with E-state index >= 15 is 0 Å². The fraction of sp³-hybridized carbons (Fsp3) is 0.718. The summed E-state index contributed by atoms with van der Waals surface area (Å²) in [5, 5.41) is 33.0. The van der Waals surface area contributed by atoms with Crippen molar-refractivity contribution in [2.75, 3.05) is 6.61 Å². The molecule has 0 spiro atoms. The Labute approximate surface area is 275 Å². The average molecular weight is 631 g/mol. The predicted octanol–water partition coefficient (Wildman–Crippen LogP) is 9.01. The maximum absolute atomic E-state index is 13.3. The zero-order valence-electron chi connectivity index (χ0n) is 28.9. The third-order valence-electron chi connectivity index (χ3n) is 8.34. The van der Waals surface area contributed by atoms with Crippen LogP contribution in [-0.4, -0.2) is 50.5 Å². The first-order valence-electron chi connectivity index (χ1n) is 18.0. The maximum Gasteiger partial charge on any atom is 0.219 e. The molecule has 0 amide bonds. The minimum atomic E-state index is -2.94. The Balaban J connectivity index is 4.97. The number of aliphatic hydroxyl groups excluding tert-OH is 1. The molecule has 0 aromatic rings. The van der Waals surface area contributed by atoms with Gasteiger partial charge < -0.3 is 15.3 Å². The molecular formula is C39H66O6. The van der Waals surface area contributed by atoms with Gasteiger partial charge in [-0.3, -0.25) is 14.4 Å². The van der Waals surface area contributed by atoms with Crippen molar-refractivity contribution in [2.24, 2.45) is 0 Å². The average Bonchev–Trinajstić information content (AvgIpc) is 3.04. The van der Waals surface area contributed by atoms with Crippen molar-refractivity contribution in [3.8, 4) is 0 Å². The minimum absolute atomic E-state index is 0.125. The number of hydrogen-bond donors (Lipinski definition) is 3. The van der Waals surface area contributed by atoms with E-state index in [0.717, 1.165) is 77.0 Å². The molecule has 0 aliphatic carbocycles. The third-order valence-corrected chi connectivity index (χ3v) is 8.34. The first-order valence-corrected chi connectivity index (χ1v) is 18.0. The Hall–Kier alpha value is -2.15. The normalized spacial score (nSPS) is 13.9. The fourth-order valence-corrected chi connectivity index (χ4v) is 5.31. The SMILES string of the molecule is CCCCC/C=C\C/C=C\C/C=C\C/C=C\CCCC(=O)C(O)(CO)C(O)(C(=O)CCCCCCC)C(=O)CCCCCCC. The smallest absolute Gasteiger partial charge is 0.219 e. The van der Waals surface area contributed by atoms with Crippen LogP contribution in [0.15, 0.2) is 48.6 Å².